The minimum Gasteiger partial charge on any atom is -0.334 e. The molecule has 1 aliphatic heterocycles. The lowest BCUT2D eigenvalue weighted by molar-refractivity contribution is 0.702. The van der Waals surface area contributed by atoms with Crippen LogP contribution in [0, 0.1) is 0 Å². The van der Waals surface area contributed by atoms with E-state index in [2.05, 4.69) is 45.2 Å². The SMILES string of the molecule is c1ccc(C2CCCN2c2ncccn2)cc1. The van der Waals surface area contributed by atoms with Crippen molar-refractivity contribution in [2.75, 3.05) is 11.4 Å². The van der Waals surface area contributed by atoms with Gasteiger partial charge in [-0.3, -0.25) is 0 Å². The second-order valence-electron chi connectivity index (χ2n) is 4.31. The van der Waals surface area contributed by atoms with E-state index in [0.29, 0.717) is 6.04 Å². The van der Waals surface area contributed by atoms with E-state index < -0.39 is 0 Å². The largest absolute Gasteiger partial charge is 0.334 e. The molecule has 1 aliphatic rings. The second kappa shape index (κ2) is 4.53. The number of anilines is 1. The highest BCUT2D eigenvalue weighted by atomic mass is 15.3. The van der Waals surface area contributed by atoms with E-state index in [1.165, 1.54) is 18.4 Å². The van der Waals surface area contributed by atoms with Crippen molar-refractivity contribution >= 4 is 5.95 Å². The van der Waals surface area contributed by atoms with Crippen molar-refractivity contribution in [3.63, 3.8) is 0 Å². The summed E-state index contributed by atoms with van der Waals surface area (Å²) >= 11 is 0. The molecule has 1 unspecified atom stereocenters. The molecule has 2 heterocycles. The molecule has 1 saturated heterocycles. The van der Waals surface area contributed by atoms with Gasteiger partial charge in [-0.05, 0) is 24.5 Å². The number of aromatic nitrogens is 2. The fourth-order valence-electron chi connectivity index (χ4n) is 2.47. The third kappa shape index (κ3) is 2.00. The maximum Gasteiger partial charge on any atom is 0.225 e. The van der Waals surface area contributed by atoms with Gasteiger partial charge in [0.25, 0.3) is 0 Å². The summed E-state index contributed by atoms with van der Waals surface area (Å²) in [6, 6.07) is 12.9. The molecule has 0 saturated carbocycles. The van der Waals surface area contributed by atoms with Crippen LogP contribution in [0.2, 0.25) is 0 Å². The number of rotatable bonds is 2. The summed E-state index contributed by atoms with van der Waals surface area (Å²) in [5, 5.41) is 0. The minimum absolute atomic E-state index is 0.429. The van der Waals surface area contributed by atoms with Gasteiger partial charge in [0.1, 0.15) is 0 Å². The van der Waals surface area contributed by atoms with Crippen LogP contribution >= 0.6 is 0 Å². The van der Waals surface area contributed by atoms with Crippen LogP contribution in [-0.2, 0) is 0 Å². The molecule has 3 heteroatoms. The first-order valence-corrected chi connectivity index (χ1v) is 6.04. The molecule has 0 bridgehead atoms. The highest BCUT2D eigenvalue weighted by Crippen LogP contribution is 2.33. The second-order valence-corrected chi connectivity index (χ2v) is 4.31. The zero-order chi connectivity index (χ0) is 11.5. The van der Waals surface area contributed by atoms with Crippen LogP contribution in [0.15, 0.2) is 48.8 Å². The van der Waals surface area contributed by atoms with E-state index in [-0.39, 0.29) is 0 Å². The summed E-state index contributed by atoms with van der Waals surface area (Å²) in [5.74, 6) is 0.846. The molecule has 86 valence electrons. The maximum atomic E-state index is 4.35. The molecule has 2 aromatic rings. The number of benzene rings is 1. The smallest absolute Gasteiger partial charge is 0.225 e. The maximum absolute atomic E-state index is 4.35. The quantitative estimate of drug-likeness (QED) is 0.787. The minimum atomic E-state index is 0.429. The zero-order valence-electron chi connectivity index (χ0n) is 9.66. The lowest BCUT2D eigenvalue weighted by atomic mass is 10.1. The lowest BCUT2D eigenvalue weighted by Gasteiger charge is -2.24. The average Bonchev–Trinajstić information content (AvgIpc) is 2.90. The van der Waals surface area contributed by atoms with Gasteiger partial charge in [0, 0.05) is 18.9 Å². The van der Waals surface area contributed by atoms with Crippen LogP contribution in [0.4, 0.5) is 5.95 Å². The Morgan fingerprint density at radius 1 is 1.00 bits per heavy atom. The lowest BCUT2D eigenvalue weighted by Crippen LogP contribution is -2.24. The van der Waals surface area contributed by atoms with E-state index >= 15 is 0 Å². The van der Waals surface area contributed by atoms with E-state index in [0.717, 1.165) is 12.5 Å². The summed E-state index contributed by atoms with van der Waals surface area (Å²) in [7, 11) is 0. The van der Waals surface area contributed by atoms with Crippen LogP contribution in [0.3, 0.4) is 0 Å². The van der Waals surface area contributed by atoms with Gasteiger partial charge in [0.15, 0.2) is 0 Å². The van der Waals surface area contributed by atoms with Gasteiger partial charge in [0.2, 0.25) is 5.95 Å². The van der Waals surface area contributed by atoms with E-state index in [1.54, 1.807) is 0 Å². The van der Waals surface area contributed by atoms with Gasteiger partial charge in [-0.15, -0.1) is 0 Å². The Bertz CT molecular complexity index is 424. The van der Waals surface area contributed by atoms with Crippen molar-refractivity contribution < 1.29 is 0 Å². The van der Waals surface area contributed by atoms with E-state index in [1.807, 2.05) is 18.5 Å². The first-order valence-electron chi connectivity index (χ1n) is 6.04. The fraction of sp³-hybridized carbons (Fsp3) is 0.286. The third-order valence-corrected chi connectivity index (χ3v) is 3.25. The molecular weight excluding hydrogens is 210 g/mol. The zero-order valence-corrected chi connectivity index (χ0v) is 9.66. The van der Waals surface area contributed by atoms with Crippen molar-refractivity contribution in [2.45, 2.75) is 18.9 Å². The molecule has 3 nitrogen and oxygen atoms in total. The Labute approximate surface area is 101 Å². The van der Waals surface area contributed by atoms with Gasteiger partial charge in [-0.1, -0.05) is 30.3 Å². The molecular formula is C14H15N3. The summed E-state index contributed by atoms with van der Waals surface area (Å²) in [6.07, 6.45) is 6.01. The van der Waals surface area contributed by atoms with Crippen molar-refractivity contribution in [3.05, 3.63) is 54.4 Å². The van der Waals surface area contributed by atoms with Gasteiger partial charge in [0.05, 0.1) is 6.04 Å². The van der Waals surface area contributed by atoms with E-state index in [4.69, 9.17) is 0 Å². The van der Waals surface area contributed by atoms with Crippen molar-refractivity contribution in [2.24, 2.45) is 0 Å². The van der Waals surface area contributed by atoms with Crippen molar-refractivity contribution in [1.82, 2.24) is 9.97 Å². The predicted molar refractivity (Wildman–Crippen MR) is 67.8 cm³/mol. The van der Waals surface area contributed by atoms with Crippen LogP contribution < -0.4 is 4.90 Å². The molecule has 0 amide bonds. The normalized spacial score (nSPS) is 19.5. The highest BCUT2D eigenvalue weighted by molar-refractivity contribution is 5.37. The molecule has 0 spiro atoms. The summed E-state index contributed by atoms with van der Waals surface area (Å²) in [5.41, 5.74) is 1.36. The molecule has 0 radical (unpaired) electrons. The Balaban J connectivity index is 1.91. The molecule has 1 fully saturated rings. The Morgan fingerprint density at radius 3 is 2.53 bits per heavy atom. The standard InChI is InChI=1S/C14H15N3/c1-2-6-12(7-3-1)13-8-4-11-17(13)14-15-9-5-10-16-14/h1-3,5-7,9-10,13H,4,8,11H2. The van der Waals surface area contributed by atoms with Crippen molar-refractivity contribution in [1.29, 1.82) is 0 Å². The highest BCUT2D eigenvalue weighted by Gasteiger charge is 2.27. The Hall–Kier alpha value is -1.90. The Morgan fingerprint density at radius 2 is 1.76 bits per heavy atom. The number of nitrogens with zero attached hydrogens (tertiary/aromatic N) is 3. The first kappa shape index (κ1) is 10.3. The molecule has 0 aliphatic carbocycles. The van der Waals surface area contributed by atoms with Gasteiger partial charge in [-0.2, -0.15) is 0 Å². The Kier molecular flexibility index (Phi) is 2.74. The van der Waals surface area contributed by atoms with Gasteiger partial charge < -0.3 is 4.90 Å². The van der Waals surface area contributed by atoms with Gasteiger partial charge in [-0.25, -0.2) is 9.97 Å². The number of hydrogen-bond acceptors (Lipinski definition) is 3. The van der Waals surface area contributed by atoms with E-state index in [9.17, 15) is 0 Å². The first-order chi connectivity index (χ1) is 8.45. The van der Waals surface area contributed by atoms with Crippen LogP contribution in [0.1, 0.15) is 24.4 Å². The molecule has 1 aromatic heterocycles. The summed E-state index contributed by atoms with van der Waals surface area (Å²) in [4.78, 5) is 11.0. The van der Waals surface area contributed by atoms with Crippen LogP contribution in [-0.4, -0.2) is 16.5 Å². The monoisotopic (exact) mass is 225 g/mol. The summed E-state index contributed by atoms with van der Waals surface area (Å²) < 4.78 is 0. The molecule has 17 heavy (non-hydrogen) atoms. The number of hydrogen-bond donors (Lipinski definition) is 0. The molecule has 1 aromatic carbocycles. The third-order valence-electron chi connectivity index (χ3n) is 3.25. The molecule has 0 N–H and O–H groups in total. The fourth-order valence-corrected chi connectivity index (χ4v) is 2.47. The van der Waals surface area contributed by atoms with Crippen LogP contribution in [0.5, 0.6) is 0 Å². The molecule has 1 atom stereocenters. The average molecular weight is 225 g/mol. The predicted octanol–water partition coefficient (Wildman–Crippen LogP) is 2.82. The van der Waals surface area contributed by atoms with Gasteiger partial charge >= 0.3 is 0 Å². The topological polar surface area (TPSA) is 29.0 Å². The molecule has 3 rings (SSSR count). The summed E-state index contributed by atoms with van der Waals surface area (Å²) in [6.45, 7) is 1.05. The van der Waals surface area contributed by atoms with Crippen molar-refractivity contribution in [3.8, 4) is 0 Å². The van der Waals surface area contributed by atoms with Crippen LogP contribution in [0.25, 0.3) is 0 Å².